The standard InChI is InChI=1S/C14H19ClN2O2/c1-3-19-12-7-11(16)13(12)17-14(18)10-5-4-9(15)6-8(10)2/h4-6,11-13H,3,7,16H2,1-2H3,(H,17,18). The van der Waals surface area contributed by atoms with Crippen LogP contribution < -0.4 is 11.1 Å². The SMILES string of the molecule is CCOC1CC(N)C1NC(=O)c1ccc(Cl)cc1C. The van der Waals surface area contributed by atoms with Crippen molar-refractivity contribution in [2.24, 2.45) is 5.73 Å². The summed E-state index contributed by atoms with van der Waals surface area (Å²) in [5, 5.41) is 3.57. The zero-order valence-corrected chi connectivity index (χ0v) is 11.9. The molecule has 0 heterocycles. The first kappa shape index (κ1) is 14.3. The van der Waals surface area contributed by atoms with Crippen LogP contribution in [0.2, 0.25) is 5.02 Å². The van der Waals surface area contributed by atoms with Gasteiger partial charge in [-0.2, -0.15) is 0 Å². The summed E-state index contributed by atoms with van der Waals surface area (Å²) in [6, 6.07) is 5.07. The number of aryl methyl sites for hydroxylation is 1. The molecule has 1 aromatic rings. The number of benzene rings is 1. The largest absolute Gasteiger partial charge is 0.376 e. The fraction of sp³-hybridized carbons (Fsp3) is 0.500. The van der Waals surface area contributed by atoms with E-state index in [1.807, 2.05) is 13.8 Å². The lowest BCUT2D eigenvalue weighted by atomic mass is 9.83. The van der Waals surface area contributed by atoms with Gasteiger partial charge in [-0.1, -0.05) is 11.6 Å². The first-order valence-electron chi connectivity index (χ1n) is 6.47. The number of hydrogen-bond donors (Lipinski definition) is 2. The second kappa shape index (κ2) is 5.90. The first-order valence-corrected chi connectivity index (χ1v) is 6.85. The van der Waals surface area contributed by atoms with E-state index in [1.165, 1.54) is 0 Å². The Morgan fingerprint density at radius 3 is 2.89 bits per heavy atom. The number of carbonyl (C=O) groups is 1. The van der Waals surface area contributed by atoms with Crippen molar-refractivity contribution in [2.45, 2.75) is 38.5 Å². The quantitative estimate of drug-likeness (QED) is 0.886. The van der Waals surface area contributed by atoms with Crippen LogP contribution in [0, 0.1) is 6.92 Å². The minimum Gasteiger partial charge on any atom is -0.376 e. The maximum absolute atomic E-state index is 12.2. The number of ether oxygens (including phenoxy) is 1. The van der Waals surface area contributed by atoms with Gasteiger partial charge in [-0.3, -0.25) is 4.79 Å². The third-order valence-electron chi connectivity index (χ3n) is 3.48. The lowest BCUT2D eigenvalue weighted by Gasteiger charge is -2.42. The molecule has 3 unspecified atom stereocenters. The number of carbonyl (C=O) groups excluding carboxylic acids is 1. The summed E-state index contributed by atoms with van der Waals surface area (Å²) in [6.45, 7) is 4.43. The summed E-state index contributed by atoms with van der Waals surface area (Å²) < 4.78 is 5.53. The second-order valence-corrected chi connectivity index (χ2v) is 5.29. The van der Waals surface area contributed by atoms with Crippen molar-refractivity contribution in [2.75, 3.05) is 6.61 Å². The number of hydrogen-bond acceptors (Lipinski definition) is 3. The molecule has 19 heavy (non-hydrogen) atoms. The molecule has 104 valence electrons. The van der Waals surface area contributed by atoms with Crippen LogP contribution >= 0.6 is 11.6 Å². The Morgan fingerprint density at radius 2 is 2.32 bits per heavy atom. The molecule has 1 amide bonds. The van der Waals surface area contributed by atoms with Gasteiger partial charge in [-0.15, -0.1) is 0 Å². The van der Waals surface area contributed by atoms with Gasteiger partial charge in [0, 0.05) is 23.2 Å². The van der Waals surface area contributed by atoms with E-state index in [4.69, 9.17) is 22.1 Å². The highest BCUT2D eigenvalue weighted by Crippen LogP contribution is 2.23. The molecule has 1 aliphatic carbocycles. The van der Waals surface area contributed by atoms with E-state index < -0.39 is 0 Å². The summed E-state index contributed by atoms with van der Waals surface area (Å²) >= 11 is 5.88. The van der Waals surface area contributed by atoms with E-state index >= 15 is 0 Å². The molecule has 1 aromatic carbocycles. The van der Waals surface area contributed by atoms with Crippen molar-refractivity contribution in [3.8, 4) is 0 Å². The number of amides is 1. The van der Waals surface area contributed by atoms with Crippen molar-refractivity contribution >= 4 is 17.5 Å². The monoisotopic (exact) mass is 282 g/mol. The van der Waals surface area contributed by atoms with Crippen LogP contribution in [-0.2, 0) is 4.74 Å². The Kier molecular flexibility index (Phi) is 4.45. The lowest BCUT2D eigenvalue weighted by Crippen LogP contribution is -2.64. The fourth-order valence-corrected chi connectivity index (χ4v) is 2.56. The van der Waals surface area contributed by atoms with Gasteiger partial charge in [-0.25, -0.2) is 0 Å². The van der Waals surface area contributed by atoms with E-state index in [-0.39, 0.29) is 24.1 Å². The van der Waals surface area contributed by atoms with E-state index in [0.717, 1.165) is 12.0 Å². The average molecular weight is 283 g/mol. The van der Waals surface area contributed by atoms with Gasteiger partial charge in [0.1, 0.15) is 0 Å². The molecule has 5 heteroatoms. The highest BCUT2D eigenvalue weighted by Gasteiger charge is 2.40. The molecule has 0 saturated heterocycles. The smallest absolute Gasteiger partial charge is 0.251 e. The van der Waals surface area contributed by atoms with Crippen molar-refractivity contribution in [1.29, 1.82) is 0 Å². The van der Waals surface area contributed by atoms with Gasteiger partial charge in [0.15, 0.2) is 0 Å². The van der Waals surface area contributed by atoms with Gasteiger partial charge in [0.25, 0.3) is 5.91 Å². The molecule has 1 aliphatic rings. The second-order valence-electron chi connectivity index (χ2n) is 4.85. The molecule has 3 atom stereocenters. The summed E-state index contributed by atoms with van der Waals surface area (Å²) in [5.41, 5.74) is 7.39. The number of halogens is 1. The first-order chi connectivity index (χ1) is 9.02. The minimum absolute atomic E-state index is 0.0246. The van der Waals surface area contributed by atoms with E-state index in [9.17, 15) is 4.79 Å². The maximum atomic E-state index is 12.2. The van der Waals surface area contributed by atoms with Crippen molar-refractivity contribution in [3.63, 3.8) is 0 Å². The van der Waals surface area contributed by atoms with Gasteiger partial charge in [0.2, 0.25) is 0 Å². The Hall–Kier alpha value is -1.10. The molecule has 1 fully saturated rings. The summed E-state index contributed by atoms with van der Waals surface area (Å²) in [5.74, 6) is -0.126. The highest BCUT2D eigenvalue weighted by atomic mass is 35.5. The Balaban J connectivity index is 2.04. The van der Waals surface area contributed by atoms with Crippen LogP contribution in [0.1, 0.15) is 29.3 Å². The third-order valence-corrected chi connectivity index (χ3v) is 3.71. The van der Waals surface area contributed by atoms with Crippen LogP contribution in [-0.4, -0.2) is 30.7 Å². The molecule has 1 saturated carbocycles. The Morgan fingerprint density at radius 1 is 1.58 bits per heavy atom. The molecule has 0 spiro atoms. The average Bonchev–Trinajstić information content (AvgIpc) is 2.35. The zero-order chi connectivity index (χ0) is 14.0. The lowest BCUT2D eigenvalue weighted by molar-refractivity contribution is -0.0300. The predicted octanol–water partition coefficient (Wildman–Crippen LogP) is 1.88. The van der Waals surface area contributed by atoms with Gasteiger partial charge >= 0.3 is 0 Å². The maximum Gasteiger partial charge on any atom is 0.251 e. The van der Waals surface area contributed by atoms with Crippen LogP contribution in [0.4, 0.5) is 0 Å². The fourth-order valence-electron chi connectivity index (χ4n) is 2.34. The Bertz CT molecular complexity index is 477. The van der Waals surface area contributed by atoms with Gasteiger partial charge in [-0.05, 0) is 44.0 Å². The van der Waals surface area contributed by atoms with Gasteiger partial charge < -0.3 is 15.8 Å². The van der Waals surface area contributed by atoms with Crippen molar-refractivity contribution in [1.82, 2.24) is 5.32 Å². The van der Waals surface area contributed by atoms with E-state index in [2.05, 4.69) is 5.32 Å². The number of rotatable bonds is 4. The van der Waals surface area contributed by atoms with Crippen molar-refractivity contribution < 1.29 is 9.53 Å². The molecule has 3 N–H and O–H groups in total. The van der Waals surface area contributed by atoms with Crippen molar-refractivity contribution in [3.05, 3.63) is 34.3 Å². The topological polar surface area (TPSA) is 64.3 Å². The number of nitrogens with two attached hydrogens (primary N) is 1. The molecule has 0 bridgehead atoms. The minimum atomic E-state index is -0.126. The summed E-state index contributed by atoms with van der Waals surface area (Å²) in [6.07, 6.45) is 0.815. The molecule has 4 nitrogen and oxygen atoms in total. The van der Waals surface area contributed by atoms with Crippen LogP contribution in [0.5, 0.6) is 0 Å². The molecular formula is C14H19ClN2O2. The van der Waals surface area contributed by atoms with Gasteiger partial charge in [0.05, 0.1) is 12.1 Å². The van der Waals surface area contributed by atoms with Crippen LogP contribution in [0.15, 0.2) is 18.2 Å². The Labute approximate surface area is 118 Å². The molecule has 0 radical (unpaired) electrons. The van der Waals surface area contributed by atoms with Crippen LogP contribution in [0.25, 0.3) is 0 Å². The third kappa shape index (κ3) is 3.08. The summed E-state index contributed by atoms with van der Waals surface area (Å²) in [4.78, 5) is 12.2. The molecular weight excluding hydrogens is 264 g/mol. The predicted molar refractivity (Wildman–Crippen MR) is 75.4 cm³/mol. The zero-order valence-electron chi connectivity index (χ0n) is 11.2. The number of nitrogens with one attached hydrogen (secondary N) is 1. The normalized spacial score (nSPS) is 25.8. The molecule has 0 aliphatic heterocycles. The van der Waals surface area contributed by atoms with Crippen LogP contribution in [0.3, 0.4) is 0 Å². The van der Waals surface area contributed by atoms with E-state index in [1.54, 1.807) is 18.2 Å². The van der Waals surface area contributed by atoms with E-state index in [0.29, 0.717) is 17.2 Å². The summed E-state index contributed by atoms with van der Waals surface area (Å²) in [7, 11) is 0. The molecule has 2 rings (SSSR count). The molecule has 0 aromatic heterocycles. The highest BCUT2D eigenvalue weighted by molar-refractivity contribution is 6.30.